The molecule has 2 aromatic carbocycles. The Morgan fingerprint density at radius 2 is 2.05 bits per heavy atom. The van der Waals surface area contributed by atoms with Gasteiger partial charge in [0.15, 0.2) is 0 Å². The molecule has 0 aliphatic carbocycles. The van der Waals surface area contributed by atoms with Gasteiger partial charge in [-0.15, -0.1) is 0 Å². The van der Waals surface area contributed by atoms with E-state index in [4.69, 9.17) is 10.5 Å². The molecule has 0 spiro atoms. The molecule has 2 N–H and O–H groups in total. The third kappa shape index (κ3) is 2.76. The molecular weight excluding hydrogens is 260 g/mol. The van der Waals surface area contributed by atoms with Crippen LogP contribution in [0, 0.1) is 0 Å². The van der Waals surface area contributed by atoms with Crippen molar-refractivity contribution >= 4 is 16.5 Å². The van der Waals surface area contributed by atoms with Crippen LogP contribution in [0.5, 0.6) is 0 Å². The number of nitrogens with two attached hydrogens (primary N) is 1. The molecule has 0 aromatic heterocycles. The van der Waals surface area contributed by atoms with Crippen LogP contribution in [0.1, 0.15) is 19.8 Å². The third-order valence-electron chi connectivity index (χ3n) is 4.45. The lowest BCUT2D eigenvalue weighted by Crippen LogP contribution is -2.48. The molecule has 21 heavy (non-hydrogen) atoms. The first kappa shape index (κ1) is 14.4. The van der Waals surface area contributed by atoms with Crippen LogP contribution in [0.4, 0.5) is 5.69 Å². The first-order valence-electron chi connectivity index (χ1n) is 7.91. The van der Waals surface area contributed by atoms with Gasteiger partial charge in [-0.2, -0.15) is 0 Å². The maximum Gasteiger partial charge on any atom is 0.0791 e. The van der Waals surface area contributed by atoms with Crippen LogP contribution in [0.25, 0.3) is 10.8 Å². The number of anilines is 1. The number of hydrogen-bond donors (Lipinski definition) is 1. The SMILES string of the molecule is CCN(c1cccc2ccccc12)C(CN)C1CCCO1. The molecule has 2 aromatic rings. The van der Waals surface area contributed by atoms with Crippen LogP contribution in [-0.4, -0.2) is 31.8 Å². The van der Waals surface area contributed by atoms with E-state index in [1.54, 1.807) is 0 Å². The maximum atomic E-state index is 6.09. The van der Waals surface area contributed by atoms with Gasteiger partial charge >= 0.3 is 0 Å². The fourth-order valence-electron chi connectivity index (χ4n) is 3.43. The highest BCUT2D eigenvalue weighted by Crippen LogP contribution is 2.30. The Labute approximate surface area is 126 Å². The molecule has 1 aliphatic rings. The predicted octanol–water partition coefficient (Wildman–Crippen LogP) is 3.17. The molecule has 2 unspecified atom stereocenters. The molecule has 3 heteroatoms. The van der Waals surface area contributed by atoms with Crippen LogP contribution < -0.4 is 10.6 Å². The quantitative estimate of drug-likeness (QED) is 0.916. The number of fused-ring (bicyclic) bond motifs is 1. The molecule has 0 radical (unpaired) electrons. The van der Waals surface area contributed by atoms with Crippen LogP contribution >= 0.6 is 0 Å². The van der Waals surface area contributed by atoms with Crippen LogP contribution in [0.15, 0.2) is 42.5 Å². The summed E-state index contributed by atoms with van der Waals surface area (Å²) in [5, 5.41) is 2.56. The van der Waals surface area contributed by atoms with Crippen molar-refractivity contribution < 1.29 is 4.74 Å². The summed E-state index contributed by atoms with van der Waals surface area (Å²) < 4.78 is 5.90. The second kappa shape index (κ2) is 6.46. The van der Waals surface area contributed by atoms with Crippen molar-refractivity contribution in [3.63, 3.8) is 0 Å². The Hall–Kier alpha value is -1.58. The maximum absolute atomic E-state index is 6.09. The average Bonchev–Trinajstić information content (AvgIpc) is 3.06. The van der Waals surface area contributed by atoms with Crippen LogP contribution in [0.2, 0.25) is 0 Å². The van der Waals surface area contributed by atoms with Crippen molar-refractivity contribution in [2.75, 3.05) is 24.6 Å². The highest BCUT2D eigenvalue weighted by molar-refractivity contribution is 5.94. The molecule has 1 saturated heterocycles. The Kier molecular flexibility index (Phi) is 4.42. The summed E-state index contributed by atoms with van der Waals surface area (Å²) in [5.41, 5.74) is 7.35. The van der Waals surface area contributed by atoms with Gasteiger partial charge in [0.2, 0.25) is 0 Å². The lowest BCUT2D eigenvalue weighted by Gasteiger charge is -2.36. The van der Waals surface area contributed by atoms with E-state index < -0.39 is 0 Å². The van der Waals surface area contributed by atoms with Gasteiger partial charge in [0.25, 0.3) is 0 Å². The zero-order chi connectivity index (χ0) is 14.7. The molecular formula is C18H24N2O. The van der Waals surface area contributed by atoms with Gasteiger partial charge in [-0.1, -0.05) is 36.4 Å². The Morgan fingerprint density at radius 3 is 2.76 bits per heavy atom. The standard InChI is InChI=1S/C18H24N2O/c1-2-20(17(13-19)18-11-6-12-21-18)16-10-5-8-14-7-3-4-9-15(14)16/h3-5,7-10,17-18H,2,6,11-13,19H2,1H3. The number of benzene rings is 2. The molecule has 1 fully saturated rings. The van der Waals surface area contributed by atoms with Crippen LogP contribution in [-0.2, 0) is 4.74 Å². The number of hydrogen-bond acceptors (Lipinski definition) is 3. The Balaban J connectivity index is 2.00. The minimum Gasteiger partial charge on any atom is -0.376 e. The average molecular weight is 284 g/mol. The van der Waals surface area contributed by atoms with Crippen LogP contribution in [0.3, 0.4) is 0 Å². The number of ether oxygens (including phenoxy) is 1. The van der Waals surface area contributed by atoms with E-state index in [1.807, 2.05) is 0 Å². The molecule has 1 heterocycles. The second-order valence-electron chi connectivity index (χ2n) is 5.64. The topological polar surface area (TPSA) is 38.5 Å². The van der Waals surface area contributed by atoms with Gasteiger partial charge in [-0.05, 0) is 31.2 Å². The van der Waals surface area contributed by atoms with Gasteiger partial charge in [0.1, 0.15) is 0 Å². The van der Waals surface area contributed by atoms with Gasteiger partial charge in [0.05, 0.1) is 12.1 Å². The Morgan fingerprint density at radius 1 is 1.24 bits per heavy atom. The fraction of sp³-hybridized carbons (Fsp3) is 0.444. The van der Waals surface area contributed by atoms with Crippen molar-refractivity contribution in [2.24, 2.45) is 5.73 Å². The monoisotopic (exact) mass is 284 g/mol. The van der Waals surface area contributed by atoms with E-state index in [0.717, 1.165) is 26.0 Å². The van der Waals surface area contributed by atoms with Gasteiger partial charge in [-0.25, -0.2) is 0 Å². The molecule has 0 amide bonds. The molecule has 0 saturated carbocycles. The number of likely N-dealkylation sites (N-methyl/N-ethyl adjacent to an activating group) is 1. The van der Waals surface area contributed by atoms with E-state index in [1.165, 1.54) is 16.5 Å². The highest BCUT2D eigenvalue weighted by Gasteiger charge is 2.29. The Bertz CT molecular complexity index is 587. The summed E-state index contributed by atoms with van der Waals surface area (Å²) in [5.74, 6) is 0. The second-order valence-corrected chi connectivity index (χ2v) is 5.64. The van der Waals surface area contributed by atoms with E-state index in [0.29, 0.717) is 6.54 Å². The highest BCUT2D eigenvalue weighted by atomic mass is 16.5. The first-order valence-corrected chi connectivity index (χ1v) is 7.91. The normalized spacial score (nSPS) is 19.8. The largest absolute Gasteiger partial charge is 0.376 e. The van der Waals surface area contributed by atoms with E-state index >= 15 is 0 Å². The lowest BCUT2D eigenvalue weighted by atomic mass is 10.0. The summed E-state index contributed by atoms with van der Waals surface area (Å²) in [7, 11) is 0. The first-order chi connectivity index (χ1) is 10.3. The summed E-state index contributed by atoms with van der Waals surface area (Å²) in [4.78, 5) is 2.42. The zero-order valence-corrected chi connectivity index (χ0v) is 12.7. The predicted molar refractivity (Wildman–Crippen MR) is 88.8 cm³/mol. The van der Waals surface area contributed by atoms with Crippen molar-refractivity contribution in [3.8, 4) is 0 Å². The van der Waals surface area contributed by atoms with E-state index in [2.05, 4.69) is 54.3 Å². The van der Waals surface area contributed by atoms with E-state index in [9.17, 15) is 0 Å². The van der Waals surface area contributed by atoms with Crippen molar-refractivity contribution in [2.45, 2.75) is 31.9 Å². The molecule has 2 atom stereocenters. The minimum atomic E-state index is 0.253. The van der Waals surface area contributed by atoms with E-state index in [-0.39, 0.29) is 12.1 Å². The summed E-state index contributed by atoms with van der Waals surface area (Å²) in [6, 6.07) is 15.3. The molecule has 0 bridgehead atoms. The lowest BCUT2D eigenvalue weighted by molar-refractivity contribution is 0.0896. The smallest absolute Gasteiger partial charge is 0.0791 e. The van der Waals surface area contributed by atoms with Crippen molar-refractivity contribution in [1.82, 2.24) is 0 Å². The van der Waals surface area contributed by atoms with Gasteiger partial charge < -0.3 is 15.4 Å². The number of rotatable bonds is 5. The molecule has 3 nitrogen and oxygen atoms in total. The molecule has 3 rings (SSSR count). The van der Waals surface area contributed by atoms with Crippen molar-refractivity contribution in [3.05, 3.63) is 42.5 Å². The van der Waals surface area contributed by atoms with Crippen molar-refractivity contribution in [1.29, 1.82) is 0 Å². The third-order valence-corrected chi connectivity index (χ3v) is 4.45. The fourth-order valence-corrected chi connectivity index (χ4v) is 3.43. The molecule has 112 valence electrons. The summed E-state index contributed by atoms with van der Waals surface area (Å²) >= 11 is 0. The number of nitrogens with zero attached hydrogens (tertiary/aromatic N) is 1. The zero-order valence-electron chi connectivity index (χ0n) is 12.7. The van der Waals surface area contributed by atoms with Gasteiger partial charge in [0, 0.05) is 30.8 Å². The summed E-state index contributed by atoms with van der Waals surface area (Å²) in [6.45, 7) is 4.63. The summed E-state index contributed by atoms with van der Waals surface area (Å²) in [6.07, 6.45) is 2.52. The minimum absolute atomic E-state index is 0.253. The molecule has 1 aliphatic heterocycles. The van der Waals surface area contributed by atoms with Gasteiger partial charge in [-0.3, -0.25) is 0 Å².